The van der Waals surface area contributed by atoms with Gasteiger partial charge in [0.1, 0.15) is 0 Å². The lowest BCUT2D eigenvalue weighted by Gasteiger charge is -2.11. The molecule has 0 spiro atoms. The van der Waals surface area contributed by atoms with Crippen LogP contribution >= 0.6 is 11.8 Å². The average Bonchev–Trinajstić information content (AvgIpc) is 3.30. The van der Waals surface area contributed by atoms with Gasteiger partial charge in [0.25, 0.3) is 0 Å². The van der Waals surface area contributed by atoms with Crippen molar-refractivity contribution in [2.45, 2.75) is 18.1 Å². The Balaban J connectivity index is 1.33. The second kappa shape index (κ2) is 10.3. The summed E-state index contributed by atoms with van der Waals surface area (Å²) in [5.74, 6) is 0.933. The van der Waals surface area contributed by atoms with E-state index in [1.165, 1.54) is 17.3 Å². The van der Waals surface area contributed by atoms with Crippen molar-refractivity contribution in [1.29, 1.82) is 0 Å². The van der Waals surface area contributed by atoms with Crippen LogP contribution in [0.25, 0.3) is 22.2 Å². The first kappa shape index (κ1) is 21.9. The third-order valence-corrected chi connectivity index (χ3v) is 6.49. The molecule has 0 aliphatic heterocycles. The number of pyridine rings is 1. The van der Waals surface area contributed by atoms with E-state index in [4.69, 9.17) is 0 Å². The standard InChI is InChI=1S/C27H23N5OS/c33-25(29-24-12-6-10-21-9-4-5-11-23(21)24)19-34-27-31-30-26(22-13-16-28-17-14-22)32(27)18-15-20-7-2-1-3-8-20/h1-14,16-17H,15,18-19H2,(H,29,33). The van der Waals surface area contributed by atoms with Crippen LogP contribution in [0, 0.1) is 0 Å². The van der Waals surface area contributed by atoms with Crippen LogP contribution in [0.15, 0.2) is 102 Å². The number of hydrogen-bond acceptors (Lipinski definition) is 5. The molecule has 0 saturated carbocycles. The number of rotatable bonds is 8. The highest BCUT2D eigenvalue weighted by Crippen LogP contribution is 2.26. The molecule has 1 N–H and O–H groups in total. The van der Waals surface area contributed by atoms with E-state index in [1.54, 1.807) is 12.4 Å². The molecule has 6 nitrogen and oxygen atoms in total. The van der Waals surface area contributed by atoms with E-state index in [9.17, 15) is 4.79 Å². The molecule has 1 amide bonds. The Labute approximate surface area is 202 Å². The molecule has 0 saturated heterocycles. The number of aryl methyl sites for hydroxylation is 1. The molecule has 7 heteroatoms. The monoisotopic (exact) mass is 465 g/mol. The minimum absolute atomic E-state index is 0.0792. The smallest absolute Gasteiger partial charge is 0.234 e. The van der Waals surface area contributed by atoms with Gasteiger partial charge in [0.2, 0.25) is 5.91 Å². The fourth-order valence-corrected chi connectivity index (χ4v) is 4.61. The minimum atomic E-state index is -0.0792. The van der Waals surface area contributed by atoms with Crippen LogP contribution in [0.4, 0.5) is 5.69 Å². The second-order valence-electron chi connectivity index (χ2n) is 7.79. The number of aromatic nitrogens is 4. The number of nitrogens with zero attached hydrogens (tertiary/aromatic N) is 4. The number of carbonyl (C=O) groups excluding carboxylic acids is 1. The van der Waals surface area contributed by atoms with Crippen molar-refractivity contribution >= 4 is 34.1 Å². The van der Waals surface area contributed by atoms with Crippen molar-refractivity contribution in [3.05, 3.63) is 103 Å². The first-order valence-electron chi connectivity index (χ1n) is 11.1. The van der Waals surface area contributed by atoms with Crippen LogP contribution in [0.3, 0.4) is 0 Å². The third-order valence-electron chi connectivity index (χ3n) is 5.52. The lowest BCUT2D eigenvalue weighted by Crippen LogP contribution is -2.15. The molecule has 0 aliphatic rings. The summed E-state index contributed by atoms with van der Waals surface area (Å²) in [6.07, 6.45) is 4.33. The number of nitrogens with one attached hydrogen (secondary N) is 1. The Bertz CT molecular complexity index is 1400. The molecule has 5 rings (SSSR count). The summed E-state index contributed by atoms with van der Waals surface area (Å²) in [6.45, 7) is 0.710. The predicted molar refractivity (Wildman–Crippen MR) is 137 cm³/mol. The molecule has 0 atom stereocenters. The Kier molecular flexibility index (Phi) is 6.63. The SMILES string of the molecule is O=C(CSc1nnc(-c2ccncc2)n1CCc1ccccc1)Nc1cccc2ccccc12. The average molecular weight is 466 g/mol. The molecule has 0 bridgehead atoms. The Morgan fingerprint density at radius 3 is 2.47 bits per heavy atom. The molecular weight excluding hydrogens is 442 g/mol. The molecule has 5 aromatic rings. The largest absolute Gasteiger partial charge is 0.325 e. The van der Waals surface area contributed by atoms with Crippen LogP contribution in [0.2, 0.25) is 0 Å². The predicted octanol–water partition coefficient (Wildman–Crippen LogP) is 5.47. The number of amides is 1. The molecule has 34 heavy (non-hydrogen) atoms. The van der Waals surface area contributed by atoms with Gasteiger partial charge in [-0.1, -0.05) is 78.5 Å². The normalized spacial score (nSPS) is 10.9. The maximum Gasteiger partial charge on any atom is 0.234 e. The van der Waals surface area contributed by atoms with Crippen molar-refractivity contribution in [1.82, 2.24) is 19.7 Å². The van der Waals surface area contributed by atoms with Gasteiger partial charge in [-0.3, -0.25) is 9.78 Å². The van der Waals surface area contributed by atoms with E-state index in [0.717, 1.165) is 39.4 Å². The van der Waals surface area contributed by atoms with Crippen LogP contribution < -0.4 is 5.32 Å². The lowest BCUT2D eigenvalue weighted by atomic mass is 10.1. The highest BCUT2D eigenvalue weighted by molar-refractivity contribution is 7.99. The first-order chi connectivity index (χ1) is 16.8. The number of hydrogen-bond donors (Lipinski definition) is 1. The van der Waals surface area contributed by atoms with Crippen LogP contribution in [-0.2, 0) is 17.8 Å². The van der Waals surface area contributed by atoms with Crippen molar-refractivity contribution in [3.63, 3.8) is 0 Å². The first-order valence-corrected chi connectivity index (χ1v) is 12.0. The maximum atomic E-state index is 12.8. The van der Waals surface area contributed by atoms with Crippen molar-refractivity contribution in [2.24, 2.45) is 0 Å². The summed E-state index contributed by atoms with van der Waals surface area (Å²) in [4.78, 5) is 16.9. The van der Waals surface area contributed by atoms with E-state index >= 15 is 0 Å². The summed E-state index contributed by atoms with van der Waals surface area (Å²) in [6, 6.07) is 28.1. The summed E-state index contributed by atoms with van der Waals surface area (Å²) >= 11 is 1.39. The van der Waals surface area contributed by atoms with Gasteiger partial charge in [-0.15, -0.1) is 10.2 Å². The second-order valence-corrected chi connectivity index (χ2v) is 8.74. The van der Waals surface area contributed by atoms with Crippen LogP contribution in [-0.4, -0.2) is 31.4 Å². The number of carbonyl (C=O) groups is 1. The highest BCUT2D eigenvalue weighted by Gasteiger charge is 2.16. The van der Waals surface area contributed by atoms with Crippen molar-refractivity contribution in [3.8, 4) is 11.4 Å². The van der Waals surface area contributed by atoms with Gasteiger partial charge in [0.15, 0.2) is 11.0 Å². The summed E-state index contributed by atoms with van der Waals surface area (Å²) in [5.41, 5.74) is 3.00. The number of thioether (sulfide) groups is 1. The van der Waals surface area contributed by atoms with Gasteiger partial charge in [-0.05, 0) is 35.6 Å². The molecule has 3 aromatic carbocycles. The van der Waals surface area contributed by atoms with Gasteiger partial charge in [-0.2, -0.15) is 0 Å². The van der Waals surface area contributed by atoms with E-state index in [2.05, 4.69) is 37.2 Å². The quantitative estimate of drug-likeness (QED) is 0.308. The fraction of sp³-hybridized carbons (Fsp3) is 0.111. The van der Waals surface area contributed by atoms with Crippen LogP contribution in [0.5, 0.6) is 0 Å². The zero-order valence-corrected chi connectivity index (χ0v) is 19.3. The summed E-state index contributed by atoms with van der Waals surface area (Å²) in [5, 5.41) is 14.7. The van der Waals surface area contributed by atoms with E-state index in [-0.39, 0.29) is 11.7 Å². The van der Waals surface area contributed by atoms with Gasteiger partial charge < -0.3 is 9.88 Å². The molecule has 2 heterocycles. The molecule has 168 valence electrons. The van der Waals surface area contributed by atoms with Gasteiger partial charge in [0.05, 0.1) is 5.75 Å². The third kappa shape index (κ3) is 5.00. The minimum Gasteiger partial charge on any atom is -0.325 e. The number of anilines is 1. The molecule has 0 fully saturated rings. The lowest BCUT2D eigenvalue weighted by molar-refractivity contribution is -0.113. The molecule has 2 aromatic heterocycles. The van der Waals surface area contributed by atoms with Crippen molar-refractivity contribution in [2.75, 3.05) is 11.1 Å². The zero-order valence-electron chi connectivity index (χ0n) is 18.5. The summed E-state index contributed by atoms with van der Waals surface area (Å²) < 4.78 is 2.08. The molecule has 0 aliphatic carbocycles. The topological polar surface area (TPSA) is 72.7 Å². The Hall–Kier alpha value is -3.97. The van der Waals surface area contributed by atoms with Crippen molar-refractivity contribution < 1.29 is 4.79 Å². The fourth-order valence-electron chi connectivity index (χ4n) is 3.85. The van der Waals surface area contributed by atoms with E-state index in [0.29, 0.717) is 6.54 Å². The van der Waals surface area contributed by atoms with Gasteiger partial charge in [0, 0.05) is 35.6 Å². The Morgan fingerprint density at radius 1 is 0.853 bits per heavy atom. The maximum absolute atomic E-state index is 12.8. The number of benzene rings is 3. The van der Waals surface area contributed by atoms with Gasteiger partial charge in [-0.25, -0.2) is 0 Å². The van der Waals surface area contributed by atoms with Gasteiger partial charge >= 0.3 is 0 Å². The number of fused-ring (bicyclic) bond motifs is 1. The molecular formula is C27H23N5OS. The highest BCUT2D eigenvalue weighted by atomic mass is 32.2. The van der Waals surface area contributed by atoms with E-state index in [1.807, 2.05) is 72.8 Å². The Morgan fingerprint density at radius 2 is 1.62 bits per heavy atom. The van der Waals surface area contributed by atoms with Crippen LogP contribution in [0.1, 0.15) is 5.56 Å². The summed E-state index contributed by atoms with van der Waals surface area (Å²) in [7, 11) is 0. The van der Waals surface area contributed by atoms with E-state index < -0.39 is 0 Å². The molecule has 0 unspecified atom stereocenters. The molecule has 0 radical (unpaired) electrons. The zero-order chi connectivity index (χ0) is 23.2.